The summed E-state index contributed by atoms with van der Waals surface area (Å²) in [5, 5.41) is 0. The van der Waals surface area contributed by atoms with Crippen molar-refractivity contribution in [1.82, 2.24) is 9.80 Å². The number of hydrogen-bond donors (Lipinski definition) is 1. The maximum absolute atomic E-state index is 5.91. The molecular weight excluding hydrogens is 204 g/mol. The van der Waals surface area contributed by atoms with Gasteiger partial charge in [-0.15, -0.1) is 0 Å². The monoisotopic (exact) mass is 228 g/mol. The summed E-state index contributed by atoms with van der Waals surface area (Å²) in [6.07, 6.45) is 0. The van der Waals surface area contributed by atoms with Crippen LogP contribution in [0.5, 0.6) is 0 Å². The van der Waals surface area contributed by atoms with Gasteiger partial charge in [-0.2, -0.15) is 0 Å². The number of nitrogens with two attached hydrogens (primary N) is 1. The SMILES string of the molecule is CCOCC1(C)CN=C(N)N1CCN(C)C. The lowest BCUT2D eigenvalue weighted by molar-refractivity contribution is 0.0507. The Hall–Kier alpha value is -0.810. The van der Waals surface area contributed by atoms with Crippen LogP contribution in [-0.2, 0) is 4.74 Å². The molecule has 2 N–H and O–H groups in total. The molecule has 0 aliphatic carbocycles. The van der Waals surface area contributed by atoms with E-state index in [1.165, 1.54) is 0 Å². The van der Waals surface area contributed by atoms with Crippen molar-refractivity contribution in [2.24, 2.45) is 10.7 Å². The summed E-state index contributed by atoms with van der Waals surface area (Å²) in [6.45, 7) is 8.17. The topological polar surface area (TPSA) is 54.1 Å². The summed E-state index contributed by atoms with van der Waals surface area (Å²) >= 11 is 0. The normalized spacial score (nSPS) is 25.3. The van der Waals surface area contributed by atoms with Crippen LogP contribution in [0, 0.1) is 0 Å². The van der Waals surface area contributed by atoms with Gasteiger partial charge in [-0.1, -0.05) is 0 Å². The van der Waals surface area contributed by atoms with Crippen molar-refractivity contribution < 1.29 is 4.74 Å². The Balaban J connectivity index is 2.57. The molecule has 1 rings (SSSR count). The minimum absolute atomic E-state index is 0.0733. The second-order valence-electron chi connectivity index (χ2n) is 4.76. The molecule has 94 valence electrons. The lowest BCUT2D eigenvalue weighted by atomic mass is 10.0. The highest BCUT2D eigenvalue weighted by atomic mass is 16.5. The van der Waals surface area contributed by atoms with Crippen LogP contribution in [-0.4, -0.2) is 68.2 Å². The number of guanidine groups is 1. The average Bonchev–Trinajstić information content (AvgIpc) is 2.50. The molecular formula is C11H24N4O. The Morgan fingerprint density at radius 1 is 1.56 bits per heavy atom. The molecule has 1 unspecified atom stereocenters. The maximum Gasteiger partial charge on any atom is 0.191 e. The zero-order valence-corrected chi connectivity index (χ0v) is 10.9. The van der Waals surface area contributed by atoms with Crippen molar-refractivity contribution in [1.29, 1.82) is 0 Å². The van der Waals surface area contributed by atoms with Gasteiger partial charge in [0.05, 0.1) is 18.7 Å². The second kappa shape index (κ2) is 5.50. The van der Waals surface area contributed by atoms with E-state index in [0.717, 1.165) is 26.2 Å². The summed E-state index contributed by atoms with van der Waals surface area (Å²) in [5.74, 6) is 0.643. The molecule has 0 saturated heterocycles. The van der Waals surface area contributed by atoms with Crippen molar-refractivity contribution >= 4 is 5.96 Å². The van der Waals surface area contributed by atoms with Crippen LogP contribution in [0.2, 0.25) is 0 Å². The van der Waals surface area contributed by atoms with E-state index >= 15 is 0 Å². The van der Waals surface area contributed by atoms with Crippen molar-refractivity contribution in [2.75, 3.05) is 46.9 Å². The van der Waals surface area contributed by atoms with Crippen molar-refractivity contribution in [2.45, 2.75) is 19.4 Å². The molecule has 0 saturated carbocycles. The van der Waals surface area contributed by atoms with Gasteiger partial charge in [0.1, 0.15) is 0 Å². The van der Waals surface area contributed by atoms with E-state index in [-0.39, 0.29) is 5.54 Å². The third-order valence-corrected chi connectivity index (χ3v) is 2.90. The molecule has 0 radical (unpaired) electrons. The minimum Gasteiger partial charge on any atom is -0.379 e. The quantitative estimate of drug-likeness (QED) is 0.694. The summed E-state index contributed by atoms with van der Waals surface area (Å²) in [4.78, 5) is 8.62. The first-order valence-corrected chi connectivity index (χ1v) is 5.79. The van der Waals surface area contributed by atoms with Gasteiger partial charge in [-0.05, 0) is 27.9 Å². The fourth-order valence-corrected chi connectivity index (χ4v) is 1.83. The van der Waals surface area contributed by atoms with Gasteiger partial charge in [0.25, 0.3) is 0 Å². The first kappa shape index (κ1) is 13.3. The number of hydrogen-bond acceptors (Lipinski definition) is 5. The smallest absolute Gasteiger partial charge is 0.191 e. The van der Waals surface area contributed by atoms with Crippen LogP contribution in [0.15, 0.2) is 4.99 Å². The molecule has 1 aliphatic rings. The molecule has 0 aromatic heterocycles. The molecule has 16 heavy (non-hydrogen) atoms. The summed E-state index contributed by atoms with van der Waals surface area (Å²) in [7, 11) is 4.12. The highest BCUT2D eigenvalue weighted by Gasteiger charge is 2.37. The minimum atomic E-state index is -0.0733. The third-order valence-electron chi connectivity index (χ3n) is 2.90. The van der Waals surface area contributed by atoms with Gasteiger partial charge in [-0.3, -0.25) is 4.99 Å². The van der Waals surface area contributed by atoms with Crippen molar-refractivity contribution in [3.63, 3.8) is 0 Å². The van der Waals surface area contributed by atoms with Gasteiger partial charge < -0.3 is 20.3 Å². The largest absolute Gasteiger partial charge is 0.379 e. The second-order valence-corrected chi connectivity index (χ2v) is 4.76. The van der Waals surface area contributed by atoms with Crippen molar-refractivity contribution in [3.8, 4) is 0 Å². The molecule has 1 heterocycles. The predicted octanol–water partition coefficient (Wildman–Crippen LogP) is -0.0265. The summed E-state index contributed by atoms with van der Waals surface area (Å²) in [5.41, 5.74) is 5.84. The standard InChI is InChI=1S/C11H24N4O/c1-5-16-9-11(2)8-13-10(12)15(11)7-6-14(3)4/h5-9H2,1-4H3,(H2,12,13). The van der Waals surface area contributed by atoms with Gasteiger partial charge in [-0.25, -0.2) is 0 Å². The third kappa shape index (κ3) is 3.09. The molecule has 0 bridgehead atoms. The van der Waals surface area contributed by atoms with E-state index in [2.05, 4.69) is 35.8 Å². The Bertz CT molecular complexity index is 254. The molecule has 1 atom stereocenters. The predicted molar refractivity (Wildman–Crippen MR) is 66.6 cm³/mol. The number of aliphatic imine (C=N–C) groups is 1. The van der Waals surface area contributed by atoms with Gasteiger partial charge in [0.15, 0.2) is 5.96 Å². The van der Waals surface area contributed by atoms with Gasteiger partial charge >= 0.3 is 0 Å². The molecule has 0 amide bonds. The number of nitrogens with zero attached hydrogens (tertiary/aromatic N) is 3. The van der Waals surface area contributed by atoms with E-state index < -0.39 is 0 Å². The van der Waals surface area contributed by atoms with Crippen LogP contribution < -0.4 is 5.73 Å². The molecule has 0 fully saturated rings. The first-order valence-electron chi connectivity index (χ1n) is 5.79. The lowest BCUT2D eigenvalue weighted by Crippen LogP contribution is -2.54. The summed E-state index contributed by atoms with van der Waals surface area (Å²) in [6, 6.07) is 0. The van der Waals surface area contributed by atoms with Crippen LogP contribution in [0.25, 0.3) is 0 Å². The molecule has 0 aromatic rings. The zero-order chi connectivity index (χ0) is 12.2. The molecule has 5 heteroatoms. The Labute approximate surface area is 98.3 Å². The zero-order valence-electron chi connectivity index (χ0n) is 10.9. The fraction of sp³-hybridized carbons (Fsp3) is 0.909. The Morgan fingerprint density at radius 3 is 2.81 bits per heavy atom. The highest BCUT2D eigenvalue weighted by Crippen LogP contribution is 2.21. The van der Waals surface area contributed by atoms with Gasteiger partial charge in [0.2, 0.25) is 0 Å². The van der Waals surface area contributed by atoms with Crippen LogP contribution >= 0.6 is 0 Å². The number of likely N-dealkylation sites (N-methyl/N-ethyl adjacent to an activating group) is 1. The number of ether oxygens (including phenoxy) is 1. The average molecular weight is 228 g/mol. The lowest BCUT2D eigenvalue weighted by Gasteiger charge is -2.36. The van der Waals surface area contributed by atoms with Crippen LogP contribution in [0.4, 0.5) is 0 Å². The Morgan fingerprint density at radius 2 is 2.25 bits per heavy atom. The van der Waals surface area contributed by atoms with E-state index in [1.807, 2.05) is 6.92 Å². The molecule has 5 nitrogen and oxygen atoms in total. The highest BCUT2D eigenvalue weighted by molar-refractivity contribution is 5.81. The van der Waals surface area contributed by atoms with Crippen molar-refractivity contribution in [3.05, 3.63) is 0 Å². The fourth-order valence-electron chi connectivity index (χ4n) is 1.83. The van der Waals surface area contributed by atoms with Crippen LogP contribution in [0.3, 0.4) is 0 Å². The van der Waals surface area contributed by atoms with E-state index in [9.17, 15) is 0 Å². The Kier molecular flexibility index (Phi) is 4.56. The van der Waals surface area contributed by atoms with E-state index in [4.69, 9.17) is 10.5 Å². The molecule has 1 aliphatic heterocycles. The summed E-state index contributed by atoms with van der Waals surface area (Å²) < 4.78 is 5.52. The number of rotatable bonds is 6. The van der Waals surface area contributed by atoms with Crippen LogP contribution in [0.1, 0.15) is 13.8 Å². The van der Waals surface area contributed by atoms with E-state index in [1.54, 1.807) is 0 Å². The molecule has 0 spiro atoms. The maximum atomic E-state index is 5.91. The van der Waals surface area contributed by atoms with Gasteiger partial charge in [0, 0.05) is 19.7 Å². The first-order chi connectivity index (χ1) is 7.49. The van der Waals surface area contributed by atoms with E-state index in [0.29, 0.717) is 12.6 Å². The molecule has 0 aromatic carbocycles.